The highest BCUT2D eigenvalue weighted by molar-refractivity contribution is 6.33. The molecule has 5 heteroatoms. The summed E-state index contributed by atoms with van der Waals surface area (Å²) in [5.41, 5.74) is 4.50. The van der Waals surface area contributed by atoms with Crippen molar-refractivity contribution < 1.29 is 9.13 Å². The Kier molecular flexibility index (Phi) is 5.05. The molecule has 2 aromatic rings. The first-order valence-corrected chi connectivity index (χ1v) is 10.9. The Morgan fingerprint density at radius 3 is 2.62 bits per heavy atom. The van der Waals surface area contributed by atoms with Gasteiger partial charge < -0.3 is 9.64 Å². The predicted octanol–water partition coefficient (Wildman–Crippen LogP) is 6.87. The molecular formula is C24H22Cl2FNO. The highest BCUT2D eigenvalue weighted by Gasteiger charge is 2.33. The van der Waals surface area contributed by atoms with Gasteiger partial charge in [0.15, 0.2) is 0 Å². The summed E-state index contributed by atoms with van der Waals surface area (Å²) in [5, 5.41) is 1.42. The van der Waals surface area contributed by atoms with Crippen molar-refractivity contribution in [3.8, 4) is 5.75 Å². The molecule has 0 radical (unpaired) electrons. The topological polar surface area (TPSA) is 12.5 Å². The van der Waals surface area contributed by atoms with Crippen LogP contribution in [-0.4, -0.2) is 17.5 Å². The van der Waals surface area contributed by atoms with Crippen LogP contribution in [0.3, 0.4) is 0 Å². The van der Waals surface area contributed by atoms with Crippen molar-refractivity contribution in [1.29, 1.82) is 0 Å². The van der Waals surface area contributed by atoms with Crippen LogP contribution in [0.2, 0.25) is 10.0 Å². The Morgan fingerprint density at radius 1 is 1.03 bits per heavy atom. The normalized spacial score (nSPS) is 19.1. The first-order valence-electron chi connectivity index (χ1n) is 10.1. The average molecular weight is 430 g/mol. The molecule has 0 saturated heterocycles. The Bertz CT molecular complexity index is 1010. The molecule has 2 fully saturated rings. The van der Waals surface area contributed by atoms with Crippen LogP contribution in [0.5, 0.6) is 5.75 Å². The summed E-state index contributed by atoms with van der Waals surface area (Å²) in [6.07, 6.45) is 9.19. The van der Waals surface area contributed by atoms with Crippen molar-refractivity contribution in [1.82, 2.24) is 4.90 Å². The number of allylic oxidation sites excluding steroid dienone is 2. The van der Waals surface area contributed by atoms with Crippen molar-refractivity contribution >= 4 is 28.8 Å². The zero-order valence-electron chi connectivity index (χ0n) is 16.0. The fourth-order valence-electron chi connectivity index (χ4n) is 3.81. The summed E-state index contributed by atoms with van der Waals surface area (Å²) in [6.45, 7) is 1.46. The second-order valence-electron chi connectivity index (χ2n) is 8.10. The lowest BCUT2D eigenvalue weighted by molar-refractivity contribution is 0.300. The minimum atomic E-state index is -0.255. The van der Waals surface area contributed by atoms with Crippen LogP contribution in [0.15, 0.2) is 54.2 Å². The molecule has 2 aromatic carbocycles. The molecule has 0 unspecified atom stereocenters. The highest BCUT2D eigenvalue weighted by Crippen LogP contribution is 2.47. The van der Waals surface area contributed by atoms with Gasteiger partial charge in [0.05, 0.1) is 6.10 Å². The maximum absolute atomic E-state index is 13.9. The molecule has 0 spiro atoms. The summed E-state index contributed by atoms with van der Waals surface area (Å²) in [5.74, 6) is 0.962. The third-order valence-electron chi connectivity index (χ3n) is 5.61. The molecule has 0 atom stereocenters. The quantitative estimate of drug-likeness (QED) is 0.496. The van der Waals surface area contributed by atoms with E-state index >= 15 is 0 Å². The number of nitrogens with zero attached hydrogens (tertiary/aromatic N) is 1. The Labute approximate surface area is 180 Å². The summed E-state index contributed by atoms with van der Waals surface area (Å²) in [6, 6.07) is 10.5. The average Bonchev–Trinajstić information content (AvgIpc) is 3.60. The van der Waals surface area contributed by atoms with E-state index in [2.05, 4.69) is 17.2 Å². The maximum atomic E-state index is 13.9. The van der Waals surface area contributed by atoms with Crippen molar-refractivity contribution in [2.45, 2.75) is 38.3 Å². The molecule has 150 valence electrons. The Balaban J connectivity index is 1.44. The van der Waals surface area contributed by atoms with E-state index in [1.165, 1.54) is 36.1 Å². The van der Waals surface area contributed by atoms with Crippen molar-refractivity contribution in [3.05, 3.63) is 81.2 Å². The van der Waals surface area contributed by atoms with E-state index in [-0.39, 0.29) is 11.9 Å². The number of benzene rings is 2. The molecule has 29 heavy (non-hydrogen) atoms. The zero-order chi connectivity index (χ0) is 20.0. The smallest absolute Gasteiger partial charge is 0.130 e. The highest BCUT2D eigenvalue weighted by atomic mass is 35.5. The standard InChI is InChI=1S/C24H22Cl2FNO/c25-17-3-8-23(26)16(11-17)13-28-10-9-20(22(14-28)15-1-2-15)21-7-4-18(27)12-24(21)29-19-5-6-19/h3-4,7-9,11-12,14-15,19H,1-2,5-6,10,13H2. The van der Waals surface area contributed by atoms with E-state index in [4.69, 9.17) is 27.9 Å². The van der Waals surface area contributed by atoms with Gasteiger partial charge in [-0.3, -0.25) is 0 Å². The first kappa shape index (κ1) is 19.0. The second kappa shape index (κ2) is 7.70. The van der Waals surface area contributed by atoms with Gasteiger partial charge in [-0.1, -0.05) is 29.3 Å². The molecule has 0 bridgehead atoms. The van der Waals surface area contributed by atoms with Gasteiger partial charge in [-0.2, -0.15) is 0 Å². The fourth-order valence-corrected chi connectivity index (χ4v) is 4.18. The first-order chi connectivity index (χ1) is 14.1. The minimum absolute atomic E-state index is 0.231. The molecule has 0 amide bonds. The van der Waals surface area contributed by atoms with Crippen molar-refractivity contribution in [2.75, 3.05) is 6.54 Å². The van der Waals surface area contributed by atoms with E-state index in [9.17, 15) is 4.39 Å². The second-order valence-corrected chi connectivity index (χ2v) is 8.94. The van der Waals surface area contributed by atoms with E-state index in [1.807, 2.05) is 24.3 Å². The lowest BCUT2D eigenvalue weighted by Gasteiger charge is -2.28. The third-order valence-corrected chi connectivity index (χ3v) is 6.22. The van der Waals surface area contributed by atoms with Gasteiger partial charge >= 0.3 is 0 Å². The lowest BCUT2D eigenvalue weighted by atomic mass is 9.92. The fraction of sp³-hybridized carbons (Fsp3) is 0.333. The Hall–Kier alpha value is -1.97. The van der Waals surface area contributed by atoms with Crippen LogP contribution in [0.4, 0.5) is 4.39 Å². The number of hydrogen-bond acceptors (Lipinski definition) is 2. The molecule has 2 saturated carbocycles. The molecular weight excluding hydrogens is 408 g/mol. The minimum Gasteiger partial charge on any atom is -0.490 e. The van der Waals surface area contributed by atoms with Crippen LogP contribution in [0.1, 0.15) is 36.8 Å². The van der Waals surface area contributed by atoms with Gasteiger partial charge in [0.25, 0.3) is 0 Å². The molecule has 1 heterocycles. The monoisotopic (exact) mass is 429 g/mol. The molecule has 2 aliphatic carbocycles. The number of hydrogen-bond donors (Lipinski definition) is 0. The van der Waals surface area contributed by atoms with Gasteiger partial charge in [0.2, 0.25) is 0 Å². The molecule has 2 nitrogen and oxygen atoms in total. The van der Waals surface area contributed by atoms with Gasteiger partial charge in [-0.05, 0) is 78.6 Å². The molecule has 1 aliphatic heterocycles. The molecule has 0 N–H and O–H groups in total. The number of rotatable bonds is 6. The predicted molar refractivity (Wildman–Crippen MR) is 116 cm³/mol. The van der Waals surface area contributed by atoms with E-state index in [1.54, 1.807) is 0 Å². The van der Waals surface area contributed by atoms with Crippen LogP contribution >= 0.6 is 23.2 Å². The van der Waals surface area contributed by atoms with Crippen molar-refractivity contribution in [3.63, 3.8) is 0 Å². The Morgan fingerprint density at radius 2 is 1.86 bits per heavy atom. The molecule has 5 rings (SSSR count). The van der Waals surface area contributed by atoms with Crippen LogP contribution < -0.4 is 4.74 Å². The van der Waals surface area contributed by atoms with Gasteiger partial charge in [0, 0.05) is 41.0 Å². The van der Waals surface area contributed by atoms with Gasteiger partial charge in [-0.15, -0.1) is 0 Å². The van der Waals surface area contributed by atoms with Gasteiger partial charge in [0.1, 0.15) is 11.6 Å². The van der Waals surface area contributed by atoms with Crippen LogP contribution in [0.25, 0.3) is 5.57 Å². The van der Waals surface area contributed by atoms with Gasteiger partial charge in [-0.25, -0.2) is 4.39 Å². The van der Waals surface area contributed by atoms with Crippen LogP contribution in [0, 0.1) is 11.7 Å². The van der Waals surface area contributed by atoms with E-state index in [0.29, 0.717) is 23.2 Å². The summed E-state index contributed by atoms with van der Waals surface area (Å²) in [4.78, 5) is 2.26. The van der Waals surface area contributed by atoms with Crippen molar-refractivity contribution in [2.24, 2.45) is 5.92 Å². The largest absolute Gasteiger partial charge is 0.490 e. The third kappa shape index (κ3) is 4.31. The summed E-state index contributed by atoms with van der Waals surface area (Å²) in [7, 11) is 0. The summed E-state index contributed by atoms with van der Waals surface area (Å²) < 4.78 is 19.9. The van der Waals surface area contributed by atoms with E-state index < -0.39 is 0 Å². The van der Waals surface area contributed by atoms with E-state index in [0.717, 1.165) is 35.5 Å². The lowest BCUT2D eigenvalue weighted by Crippen LogP contribution is -2.22. The number of ether oxygens (including phenoxy) is 1. The maximum Gasteiger partial charge on any atom is 0.130 e. The zero-order valence-corrected chi connectivity index (χ0v) is 17.5. The number of halogens is 3. The SMILES string of the molecule is Fc1ccc(C2=CCN(Cc3cc(Cl)ccc3Cl)C=C2C2CC2)c(OC2CC2)c1. The molecule has 0 aromatic heterocycles. The van der Waals surface area contributed by atoms with Crippen LogP contribution in [-0.2, 0) is 6.54 Å². The molecule has 3 aliphatic rings. The summed E-state index contributed by atoms with van der Waals surface area (Å²) >= 11 is 12.5.